The van der Waals surface area contributed by atoms with Gasteiger partial charge in [-0.15, -0.1) is 0 Å². The van der Waals surface area contributed by atoms with Crippen LogP contribution in [0.1, 0.15) is 11.1 Å². The van der Waals surface area contributed by atoms with Crippen LogP contribution in [0.2, 0.25) is 10.0 Å². The maximum absolute atomic E-state index is 12.3. The number of aryl methyl sites for hydroxylation is 2. The molecule has 0 atom stereocenters. The molecule has 0 fully saturated rings. The molecule has 2 rings (SSSR count). The topological polar surface area (TPSA) is 66.5 Å². The van der Waals surface area contributed by atoms with Gasteiger partial charge in [-0.05, 0) is 55.3 Å². The summed E-state index contributed by atoms with van der Waals surface area (Å²) in [5.41, 5.74) is 2.51. The van der Waals surface area contributed by atoms with E-state index in [4.69, 9.17) is 23.2 Å². The van der Waals surface area contributed by atoms with E-state index in [1.807, 2.05) is 6.92 Å². The SMILES string of the molecule is Cc1ccc(N(CC(=O)Nc2ccc(Cl)cc2C)S(C)(=O)=O)cc1Cl. The zero-order valence-electron chi connectivity index (χ0n) is 14.0. The zero-order valence-corrected chi connectivity index (χ0v) is 16.3. The fourth-order valence-electron chi connectivity index (χ4n) is 2.22. The number of rotatable bonds is 5. The number of carbonyl (C=O) groups excluding carboxylic acids is 1. The quantitative estimate of drug-likeness (QED) is 0.823. The van der Waals surface area contributed by atoms with Gasteiger partial charge in [-0.3, -0.25) is 9.10 Å². The molecule has 5 nitrogen and oxygen atoms in total. The second-order valence-corrected chi connectivity index (χ2v) is 8.46. The minimum Gasteiger partial charge on any atom is -0.324 e. The number of nitrogens with zero attached hydrogens (tertiary/aromatic N) is 1. The number of nitrogens with one attached hydrogen (secondary N) is 1. The minimum atomic E-state index is -3.66. The van der Waals surface area contributed by atoms with E-state index in [0.717, 1.165) is 21.7 Å². The summed E-state index contributed by atoms with van der Waals surface area (Å²) in [5, 5.41) is 3.69. The predicted molar refractivity (Wildman–Crippen MR) is 103 cm³/mol. The van der Waals surface area contributed by atoms with Crippen LogP contribution in [0.15, 0.2) is 36.4 Å². The van der Waals surface area contributed by atoms with Gasteiger partial charge in [0.25, 0.3) is 0 Å². The van der Waals surface area contributed by atoms with Gasteiger partial charge < -0.3 is 5.32 Å². The number of benzene rings is 2. The van der Waals surface area contributed by atoms with Crippen LogP contribution in [0, 0.1) is 13.8 Å². The molecule has 0 bridgehead atoms. The smallest absolute Gasteiger partial charge is 0.245 e. The number of hydrogen-bond acceptors (Lipinski definition) is 3. The van der Waals surface area contributed by atoms with E-state index in [1.54, 1.807) is 37.3 Å². The second-order valence-electron chi connectivity index (χ2n) is 5.71. The first-order valence-electron chi connectivity index (χ1n) is 7.38. The summed E-state index contributed by atoms with van der Waals surface area (Å²) < 4.78 is 25.2. The average Bonchev–Trinajstić information content (AvgIpc) is 2.49. The molecule has 0 saturated carbocycles. The lowest BCUT2D eigenvalue weighted by Gasteiger charge is -2.22. The van der Waals surface area contributed by atoms with Gasteiger partial charge >= 0.3 is 0 Å². The molecule has 0 aromatic heterocycles. The Morgan fingerprint density at radius 1 is 1.08 bits per heavy atom. The Kier molecular flexibility index (Phi) is 5.98. The molecular weight excluding hydrogens is 383 g/mol. The summed E-state index contributed by atoms with van der Waals surface area (Å²) in [6.45, 7) is 3.25. The van der Waals surface area contributed by atoms with E-state index in [9.17, 15) is 13.2 Å². The maximum Gasteiger partial charge on any atom is 0.245 e. The van der Waals surface area contributed by atoms with Gasteiger partial charge in [0.05, 0.1) is 11.9 Å². The van der Waals surface area contributed by atoms with Crippen LogP contribution in [-0.4, -0.2) is 27.1 Å². The summed E-state index contributed by atoms with van der Waals surface area (Å²) in [6.07, 6.45) is 1.04. The molecule has 2 aromatic rings. The van der Waals surface area contributed by atoms with Crippen molar-refractivity contribution in [3.8, 4) is 0 Å². The Balaban J connectivity index is 2.25. The molecule has 0 spiro atoms. The predicted octanol–water partition coefficient (Wildman–Crippen LogP) is 4.01. The first kappa shape index (κ1) is 19.6. The molecule has 0 heterocycles. The number of carbonyl (C=O) groups is 1. The van der Waals surface area contributed by atoms with Gasteiger partial charge in [-0.25, -0.2) is 8.42 Å². The lowest BCUT2D eigenvalue weighted by molar-refractivity contribution is -0.114. The molecule has 25 heavy (non-hydrogen) atoms. The van der Waals surface area contributed by atoms with Crippen molar-refractivity contribution in [2.75, 3.05) is 22.4 Å². The summed E-state index contributed by atoms with van der Waals surface area (Å²) in [7, 11) is -3.66. The van der Waals surface area contributed by atoms with Crippen molar-refractivity contribution in [1.29, 1.82) is 0 Å². The van der Waals surface area contributed by atoms with Crippen molar-refractivity contribution in [3.05, 3.63) is 57.6 Å². The monoisotopic (exact) mass is 400 g/mol. The number of halogens is 2. The highest BCUT2D eigenvalue weighted by atomic mass is 35.5. The first-order valence-corrected chi connectivity index (χ1v) is 9.98. The molecule has 0 unspecified atom stereocenters. The van der Waals surface area contributed by atoms with Crippen LogP contribution in [-0.2, 0) is 14.8 Å². The van der Waals surface area contributed by atoms with E-state index < -0.39 is 15.9 Å². The second kappa shape index (κ2) is 7.64. The van der Waals surface area contributed by atoms with Crippen molar-refractivity contribution in [3.63, 3.8) is 0 Å². The molecule has 0 aliphatic rings. The Morgan fingerprint density at radius 3 is 2.32 bits per heavy atom. The van der Waals surface area contributed by atoms with Crippen LogP contribution < -0.4 is 9.62 Å². The lowest BCUT2D eigenvalue weighted by atomic mass is 10.2. The summed E-state index contributed by atoms with van der Waals surface area (Å²) >= 11 is 12.0. The van der Waals surface area contributed by atoms with E-state index >= 15 is 0 Å². The molecule has 2 aromatic carbocycles. The van der Waals surface area contributed by atoms with Gasteiger partial charge in [0.2, 0.25) is 15.9 Å². The number of anilines is 2. The van der Waals surface area contributed by atoms with Crippen molar-refractivity contribution in [2.45, 2.75) is 13.8 Å². The Morgan fingerprint density at radius 2 is 1.76 bits per heavy atom. The average molecular weight is 401 g/mol. The van der Waals surface area contributed by atoms with E-state index in [2.05, 4.69) is 5.32 Å². The first-order chi connectivity index (χ1) is 11.6. The van der Waals surface area contributed by atoms with Crippen molar-refractivity contribution >= 4 is 50.5 Å². The minimum absolute atomic E-state index is 0.334. The number of sulfonamides is 1. The molecule has 0 saturated heterocycles. The fourth-order valence-corrected chi connectivity index (χ4v) is 3.47. The molecular formula is C17H18Cl2N2O3S. The lowest BCUT2D eigenvalue weighted by Crippen LogP contribution is -2.37. The normalized spacial score (nSPS) is 11.2. The molecule has 1 N–H and O–H groups in total. The zero-order chi connectivity index (χ0) is 18.8. The Bertz CT molecular complexity index is 914. The molecule has 8 heteroatoms. The van der Waals surface area contributed by atoms with Crippen LogP contribution in [0.5, 0.6) is 0 Å². The van der Waals surface area contributed by atoms with Gasteiger partial charge in [0, 0.05) is 15.7 Å². The van der Waals surface area contributed by atoms with Crippen LogP contribution in [0.4, 0.5) is 11.4 Å². The summed E-state index contributed by atoms with van der Waals surface area (Å²) in [6, 6.07) is 9.88. The van der Waals surface area contributed by atoms with Crippen molar-refractivity contribution < 1.29 is 13.2 Å². The van der Waals surface area contributed by atoms with Crippen molar-refractivity contribution in [2.24, 2.45) is 0 Å². The van der Waals surface area contributed by atoms with Crippen LogP contribution >= 0.6 is 23.2 Å². The summed E-state index contributed by atoms with van der Waals surface area (Å²) in [5.74, 6) is -0.465. The van der Waals surface area contributed by atoms with Gasteiger partial charge in [-0.2, -0.15) is 0 Å². The highest BCUT2D eigenvalue weighted by molar-refractivity contribution is 7.92. The molecule has 0 radical (unpaired) electrons. The highest BCUT2D eigenvalue weighted by Crippen LogP contribution is 2.25. The fraction of sp³-hybridized carbons (Fsp3) is 0.235. The molecule has 134 valence electrons. The van der Waals surface area contributed by atoms with Gasteiger partial charge in [0.1, 0.15) is 6.54 Å². The highest BCUT2D eigenvalue weighted by Gasteiger charge is 2.21. The largest absolute Gasteiger partial charge is 0.324 e. The standard InChI is InChI=1S/C17H18Cl2N2O3S/c1-11-4-6-14(9-15(11)19)21(25(3,23)24)10-17(22)20-16-7-5-13(18)8-12(16)2/h4-9H,10H2,1-3H3,(H,20,22). The van der Waals surface area contributed by atoms with Crippen LogP contribution in [0.3, 0.4) is 0 Å². The Labute approximate surface area is 157 Å². The molecule has 0 aliphatic heterocycles. The van der Waals surface area contributed by atoms with E-state index in [1.165, 1.54) is 6.07 Å². The third kappa shape index (κ3) is 5.11. The summed E-state index contributed by atoms with van der Waals surface area (Å²) in [4.78, 5) is 12.3. The van der Waals surface area contributed by atoms with E-state index in [0.29, 0.717) is 21.4 Å². The number of hydrogen-bond donors (Lipinski definition) is 1. The molecule has 0 aliphatic carbocycles. The van der Waals surface area contributed by atoms with Crippen LogP contribution in [0.25, 0.3) is 0 Å². The Hall–Kier alpha value is -1.76. The third-order valence-electron chi connectivity index (χ3n) is 3.59. The van der Waals surface area contributed by atoms with E-state index in [-0.39, 0.29) is 6.54 Å². The maximum atomic E-state index is 12.3. The van der Waals surface area contributed by atoms with Gasteiger partial charge in [0.15, 0.2) is 0 Å². The third-order valence-corrected chi connectivity index (χ3v) is 5.38. The van der Waals surface area contributed by atoms with Gasteiger partial charge in [-0.1, -0.05) is 29.3 Å². The molecule has 1 amide bonds. The van der Waals surface area contributed by atoms with Crippen molar-refractivity contribution in [1.82, 2.24) is 0 Å². The number of amides is 1.